The number of aryl methyl sites for hydroxylation is 1. The Hall–Kier alpha value is -4.59. The highest BCUT2D eigenvalue weighted by Gasteiger charge is 2.09. The molecule has 0 N–H and O–H groups in total. The van der Waals surface area contributed by atoms with Crippen LogP contribution in [-0.4, -0.2) is 38.1 Å². The van der Waals surface area contributed by atoms with Gasteiger partial charge in [-0.3, -0.25) is 4.98 Å². The molecule has 0 fully saturated rings. The van der Waals surface area contributed by atoms with Crippen LogP contribution >= 0.6 is 68.7 Å². The summed E-state index contributed by atoms with van der Waals surface area (Å²) in [6, 6.07) is 27.8. The molecule has 8 heterocycles. The van der Waals surface area contributed by atoms with Gasteiger partial charge < -0.3 is 13.2 Å². The second-order valence-corrected chi connectivity index (χ2v) is 21.3. The van der Waals surface area contributed by atoms with E-state index in [1.165, 1.54) is 18.8 Å². The van der Waals surface area contributed by atoms with Crippen molar-refractivity contribution >= 4 is 107 Å². The van der Waals surface area contributed by atoms with Crippen LogP contribution in [-0.2, 0) is 0 Å². The number of rotatable bonds is 5. The Balaban J connectivity index is 0.000000136. The van der Waals surface area contributed by atoms with E-state index >= 15 is 0 Å². The summed E-state index contributed by atoms with van der Waals surface area (Å²) >= 11 is 21.7. The molecule has 0 amide bonds. The lowest BCUT2D eigenvalue weighted by Gasteiger charge is -2.05. The molecule has 0 aliphatic rings. The monoisotopic (exact) mass is 1070 g/mol. The fourth-order valence-corrected chi connectivity index (χ4v) is 8.47. The molecule has 0 bridgehead atoms. The summed E-state index contributed by atoms with van der Waals surface area (Å²) in [6.45, 7) is 23.6. The highest BCUT2D eigenvalue weighted by Crippen LogP contribution is 2.29. The van der Waals surface area contributed by atoms with Crippen LogP contribution in [0, 0.1) is 10.5 Å². The van der Waals surface area contributed by atoms with Gasteiger partial charge in [0.15, 0.2) is 0 Å². The summed E-state index contributed by atoms with van der Waals surface area (Å²) < 4.78 is 8.57. The summed E-state index contributed by atoms with van der Waals surface area (Å²) in [5, 5.41) is 4.53. The first-order valence-corrected chi connectivity index (χ1v) is 25.2. The smallest absolute Gasteiger partial charge is 0.137 e. The first kappa shape index (κ1) is 50.8. The molecular formula is C53H58Cl3IN8S. The third kappa shape index (κ3) is 13.8. The number of imidazole rings is 3. The lowest BCUT2D eigenvalue weighted by atomic mass is 10.1. The van der Waals surface area contributed by atoms with Gasteiger partial charge in [0.2, 0.25) is 0 Å². The third-order valence-electron chi connectivity index (χ3n) is 10.4. The number of nitrogens with zero attached hydrogens (tertiary/aromatic N) is 8. The second kappa shape index (κ2) is 22.9. The minimum atomic E-state index is 0.457. The lowest BCUT2D eigenvalue weighted by Crippen LogP contribution is -1.92. The van der Waals surface area contributed by atoms with Gasteiger partial charge in [-0.2, -0.15) is 0 Å². The number of benzene rings is 2. The Bertz CT molecular complexity index is 2840. The fraction of sp³-hybridized carbons (Fsp3) is 0.302. The predicted molar refractivity (Wildman–Crippen MR) is 290 cm³/mol. The van der Waals surface area contributed by atoms with Crippen LogP contribution in [0.4, 0.5) is 0 Å². The molecule has 66 heavy (non-hydrogen) atoms. The molecule has 344 valence electrons. The summed E-state index contributed by atoms with van der Waals surface area (Å²) in [7, 11) is 0. The van der Waals surface area contributed by atoms with Crippen LogP contribution in [0.25, 0.3) is 38.1 Å². The van der Waals surface area contributed by atoms with Crippen molar-refractivity contribution in [2.75, 3.05) is 0 Å². The molecule has 8 aromatic heterocycles. The maximum Gasteiger partial charge on any atom is 0.137 e. The number of pyridine rings is 4. The molecule has 0 spiro atoms. The van der Waals surface area contributed by atoms with Crippen molar-refractivity contribution < 1.29 is 0 Å². The molecule has 10 rings (SSSR count). The Morgan fingerprint density at radius 1 is 0.439 bits per heavy atom. The van der Waals surface area contributed by atoms with Gasteiger partial charge >= 0.3 is 0 Å². The number of halogens is 4. The molecule has 0 saturated carbocycles. The van der Waals surface area contributed by atoms with E-state index in [1.807, 2.05) is 71.4 Å². The molecule has 0 radical (unpaired) electrons. The maximum atomic E-state index is 5.89. The third-order valence-corrected chi connectivity index (χ3v) is 13.1. The Kier molecular flexibility index (Phi) is 17.7. The SMILES string of the molecule is CC(C)c1ccc2cc(Cl)ccc2n1.CC(C)c1cn2cc(Cl)ccc2n1.CC(C)c1cn2cc(I)ccc2n1.CC(C)c1nc2cc(Cl)ccc2s1.Cc1ccc2nc(C(C)C)cn2c1. The highest BCUT2D eigenvalue weighted by molar-refractivity contribution is 14.1. The zero-order chi connectivity index (χ0) is 47.8. The van der Waals surface area contributed by atoms with Crippen molar-refractivity contribution in [3.8, 4) is 0 Å². The Labute approximate surface area is 421 Å². The Morgan fingerprint density at radius 3 is 1.52 bits per heavy atom. The van der Waals surface area contributed by atoms with Crippen molar-refractivity contribution in [1.29, 1.82) is 0 Å². The van der Waals surface area contributed by atoms with Crippen LogP contribution in [0.15, 0.2) is 122 Å². The van der Waals surface area contributed by atoms with Crippen molar-refractivity contribution in [2.24, 2.45) is 0 Å². The summed E-state index contributed by atoms with van der Waals surface area (Å²) in [5.41, 5.74) is 10.9. The van der Waals surface area contributed by atoms with Gasteiger partial charge in [-0.25, -0.2) is 19.9 Å². The molecule has 2 aromatic carbocycles. The van der Waals surface area contributed by atoms with E-state index in [9.17, 15) is 0 Å². The van der Waals surface area contributed by atoms with Crippen molar-refractivity contribution in [1.82, 2.24) is 38.1 Å². The molecule has 13 heteroatoms. The topological polar surface area (TPSA) is 77.7 Å². The maximum absolute atomic E-state index is 5.89. The van der Waals surface area contributed by atoms with Crippen LogP contribution in [0.5, 0.6) is 0 Å². The second-order valence-electron chi connectivity index (χ2n) is 17.7. The van der Waals surface area contributed by atoms with E-state index in [-0.39, 0.29) is 0 Å². The zero-order valence-electron chi connectivity index (χ0n) is 39.4. The molecule has 0 saturated heterocycles. The zero-order valence-corrected chi connectivity index (χ0v) is 44.7. The molecule has 0 aliphatic carbocycles. The highest BCUT2D eigenvalue weighted by atomic mass is 127. The first-order chi connectivity index (χ1) is 31.3. The van der Waals surface area contributed by atoms with Gasteiger partial charge in [0, 0.05) is 67.8 Å². The van der Waals surface area contributed by atoms with Crippen LogP contribution in [0.3, 0.4) is 0 Å². The fourth-order valence-electron chi connectivity index (χ4n) is 6.52. The van der Waals surface area contributed by atoms with E-state index in [2.05, 4.69) is 188 Å². The van der Waals surface area contributed by atoms with E-state index in [0.717, 1.165) is 71.2 Å². The quantitative estimate of drug-likeness (QED) is 0.161. The van der Waals surface area contributed by atoms with Crippen molar-refractivity contribution in [3.05, 3.63) is 174 Å². The number of fused-ring (bicyclic) bond motifs is 5. The largest absolute Gasteiger partial charge is 0.307 e. The molecule has 10 aromatic rings. The van der Waals surface area contributed by atoms with Crippen molar-refractivity contribution in [3.63, 3.8) is 0 Å². The Morgan fingerprint density at radius 2 is 0.939 bits per heavy atom. The van der Waals surface area contributed by atoms with Crippen molar-refractivity contribution in [2.45, 2.75) is 106 Å². The van der Waals surface area contributed by atoms with E-state index in [1.54, 1.807) is 11.3 Å². The number of hydrogen-bond donors (Lipinski definition) is 0. The minimum absolute atomic E-state index is 0.457. The minimum Gasteiger partial charge on any atom is -0.307 e. The molecule has 0 atom stereocenters. The van der Waals surface area contributed by atoms with Gasteiger partial charge in [0.05, 0.1) is 42.8 Å². The standard InChI is InChI=1S/C12H12ClN.C11H14N2.C10H11ClN2.C10H10ClNS.C10H11IN2/c1-8(2)11-5-3-9-7-10(13)4-6-12(9)14-11;1-8(2)10-7-13-6-9(3)4-5-11(13)12-10;1-7(2)9-6-13-5-8(11)3-4-10(13)12-9;1-6(2)10-12-8-5-7(11)3-4-9(8)13-10;1-7(2)9-6-13-5-8(11)3-4-10(13)12-9/h3-8H,1-2H3;4-8H,1-3H3;3-7H,1-2H3;3-6H,1-2H3;3-7H,1-2H3. The molecular weight excluding hydrogens is 1010 g/mol. The average Bonchev–Trinajstić information content (AvgIpc) is 4.08. The van der Waals surface area contributed by atoms with Gasteiger partial charge in [0.1, 0.15) is 16.9 Å². The first-order valence-electron chi connectivity index (χ1n) is 22.2. The van der Waals surface area contributed by atoms with Gasteiger partial charge in [-0.1, -0.05) is 116 Å². The lowest BCUT2D eigenvalue weighted by molar-refractivity contribution is 0.830. The molecule has 0 aliphatic heterocycles. The van der Waals surface area contributed by atoms with Crippen LogP contribution in [0.2, 0.25) is 15.1 Å². The van der Waals surface area contributed by atoms with Gasteiger partial charge in [-0.15, -0.1) is 11.3 Å². The van der Waals surface area contributed by atoms with E-state index < -0.39 is 0 Å². The molecule has 0 unspecified atom stereocenters. The number of aromatic nitrogens is 8. The number of hydrogen-bond acceptors (Lipinski definition) is 6. The van der Waals surface area contributed by atoms with Crippen LogP contribution in [0.1, 0.15) is 132 Å². The normalized spacial score (nSPS) is 11.3. The molecule has 8 nitrogen and oxygen atoms in total. The van der Waals surface area contributed by atoms with E-state index in [0.29, 0.717) is 29.6 Å². The summed E-state index contributed by atoms with van der Waals surface area (Å²) in [6.07, 6.45) is 12.3. The van der Waals surface area contributed by atoms with Gasteiger partial charge in [0.25, 0.3) is 0 Å². The average molecular weight is 1070 g/mol. The summed E-state index contributed by atoms with van der Waals surface area (Å²) in [5.74, 6) is 2.42. The predicted octanol–water partition coefficient (Wildman–Crippen LogP) is 17.0. The van der Waals surface area contributed by atoms with Gasteiger partial charge in [-0.05, 0) is 132 Å². The number of thiazole rings is 1. The van der Waals surface area contributed by atoms with Crippen LogP contribution < -0.4 is 0 Å². The summed E-state index contributed by atoms with van der Waals surface area (Å²) in [4.78, 5) is 22.6. The van der Waals surface area contributed by atoms with E-state index in [4.69, 9.17) is 34.8 Å².